The van der Waals surface area contributed by atoms with E-state index in [4.69, 9.17) is 0 Å². The van der Waals surface area contributed by atoms with Crippen molar-refractivity contribution in [3.8, 4) is 0 Å². The first-order valence-electron chi connectivity index (χ1n) is 7.73. The molecule has 2 aliphatic heterocycles. The van der Waals surface area contributed by atoms with Gasteiger partial charge in [-0.2, -0.15) is 0 Å². The van der Waals surface area contributed by atoms with Crippen LogP contribution in [-0.2, 0) is 4.79 Å². The molecule has 104 valence electrons. The van der Waals surface area contributed by atoms with E-state index in [0.29, 0.717) is 23.9 Å². The molecule has 0 saturated carbocycles. The molecule has 1 amide bonds. The number of piperidine rings is 1. The summed E-state index contributed by atoms with van der Waals surface area (Å²) < 4.78 is 0. The van der Waals surface area contributed by atoms with Crippen LogP contribution in [0.15, 0.2) is 18.5 Å². The van der Waals surface area contributed by atoms with Crippen LogP contribution in [0.5, 0.6) is 0 Å². The summed E-state index contributed by atoms with van der Waals surface area (Å²) in [6.07, 6.45) is 11.8. The van der Waals surface area contributed by atoms with Crippen molar-refractivity contribution in [1.29, 1.82) is 0 Å². The van der Waals surface area contributed by atoms with E-state index < -0.39 is 0 Å². The average molecular weight is 260 g/mol. The Bertz CT molecular complexity index is 412. The molecule has 0 spiro atoms. The SMILES string of the molecule is CCCCC(=O)N1C2CCC1CC(c1cc[nH]c1)C2. The third-order valence-corrected chi connectivity index (χ3v) is 4.86. The number of hydrogen-bond donors (Lipinski definition) is 1. The Morgan fingerprint density at radius 3 is 2.68 bits per heavy atom. The first-order chi connectivity index (χ1) is 9.29. The van der Waals surface area contributed by atoms with E-state index in [0.717, 1.165) is 32.1 Å². The van der Waals surface area contributed by atoms with Gasteiger partial charge in [-0.3, -0.25) is 4.79 Å². The standard InChI is InChI=1S/C16H24N2O/c1-2-3-4-16(19)18-14-5-6-15(18)10-13(9-14)12-7-8-17-11-12/h7-8,11,13-15,17H,2-6,9-10H2,1H3. The highest BCUT2D eigenvalue weighted by atomic mass is 16.2. The van der Waals surface area contributed by atoms with Gasteiger partial charge in [0.1, 0.15) is 0 Å². The van der Waals surface area contributed by atoms with E-state index >= 15 is 0 Å². The van der Waals surface area contributed by atoms with Crippen LogP contribution in [0.4, 0.5) is 0 Å². The number of nitrogens with one attached hydrogen (secondary N) is 1. The summed E-state index contributed by atoms with van der Waals surface area (Å²) in [5.41, 5.74) is 1.43. The van der Waals surface area contributed by atoms with Crippen LogP contribution < -0.4 is 0 Å². The Kier molecular flexibility index (Phi) is 3.63. The molecule has 1 aromatic heterocycles. The highest BCUT2D eigenvalue weighted by molar-refractivity contribution is 5.77. The Labute approximate surface area is 115 Å². The molecule has 2 bridgehead atoms. The first-order valence-corrected chi connectivity index (χ1v) is 7.73. The van der Waals surface area contributed by atoms with Gasteiger partial charge in [-0.05, 0) is 49.7 Å². The number of rotatable bonds is 4. The Hall–Kier alpha value is -1.25. The van der Waals surface area contributed by atoms with Gasteiger partial charge in [0, 0.05) is 30.9 Å². The average Bonchev–Trinajstić information content (AvgIpc) is 3.03. The molecule has 19 heavy (non-hydrogen) atoms. The second kappa shape index (κ2) is 5.40. The van der Waals surface area contributed by atoms with Gasteiger partial charge in [-0.25, -0.2) is 0 Å². The minimum atomic E-state index is 0.405. The minimum Gasteiger partial charge on any atom is -0.367 e. The van der Waals surface area contributed by atoms with E-state index in [1.54, 1.807) is 0 Å². The highest BCUT2D eigenvalue weighted by Gasteiger charge is 2.43. The number of carbonyl (C=O) groups excluding carboxylic acids is 1. The summed E-state index contributed by atoms with van der Waals surface area (Å²) >= 11 is 0. The molecule has 3 heteroatoms. The van der Waals surface area contributed by atoms with Gasteiger partial charge in [0.05, 0.1) is 0 Å². The lowest BCUT2D eigenvalue weighted by atomic mass is 9.86. The Morgan fingerprint density at radius 2 is 2.11 bits per heavy atom. The summed E-state index contributed by atoms with van der Waals surface area (Å²) in [7, 11) is 0. The maximum atomic E-state index is 12.3. The molecule has 3 heterocycles. The van der Waals surface area contributed by atoms with E-state index in [1.165, 1.54) is 18.4 Å². The number of H-pyrrole nitrogens is 1. The molecular weight excluding hydrogens is 236 g/mol. The van der Waals surface area contributed by atoms with E-state index in [1.807, 2.05) is 6.20 Å². The van der Waals surface area contributed by atoms with Crippen LogP contribution in [0, 0.1) is 0 Å². The zero-order valence-electron chi connectivity index (χ0n) is 11.8. The lowest BCUT2D eigenvalue weighted by Gasteiger charge is -2.39. The zero-order chi connectivity index (χ0) is 13.2. The van der Waals surface area contributed by atoms with Crippen molar-refractivity contribution < 1.29 is 4.79 Å². The Balaban J connectivity index is 1.67. The number of aromatic amines is 1. The van der Waals surface area contributed by atoms with Crippen LogP contribution in [0.2, 0.25) is 0 Å². The summed E-state index contributed by atoms with van der Waals surface area (Å²) in [5.74, 6) is 1.06. The number of unbranched alkanes of at least 4 members (excludes halogenated alkanes) is 1. The fourth-order valence-corrected chi connectivity index (χ4v) is 3.90. The normalized spacial score (nSPS) is 29.7. The monoisotopic (exact) mass is 260 g/mol. The first kappa shape index (κ1) is 12.8. The largest absolute Gasteiger partial charge is 0.367 e. The number of fused-ring (bicyclic) bond motifs is 2. The van der Waals surface area contributed by atoms with Gasteiger partial charge in [0.15, 0.2) is 0 Å². The lowest BCUT2D eigenvalue weighted by Crippen LogP contribution is -2.45. The van der Waals surface area contributed by atoms with Crippen molar-refractivity contribution in [2.24, 2.45) is 0 Å². The number of hydrogen-bond acceptors (Lipinski definition) is 1. The van der Waals surface area contributed by atoms with Crippen molar-refractivity contribution in [2.45, 2.75) is 69.9 Å². The molecule has 2 saturated heterocycles. The number of nitrogens with zero attached hydrogens (tertiary/aromatic N) is 1. The van der Waals surface area contributed by atoms with Crippen molar-refractivity contribution in [2.75, 3.05) is 0 Å². The molecule has 0 aromatic carbocycles. The fourth-order valence-electron chi connectivity index (χ4n) is 3.90. The maximum Gasteiger partial charge on any atom is 0.223 e. The van der Waals surface area contributed by atoms with Crippen LogP contribution in [0.25, 0.3) is 0 Å². The fraction of sp³-hybridized carbons (Fsp3) is 0.688. The molecule has 1 aromatic rings. The lowest BCUT2D eigenvalue weighted by molar-refractivity contribution is -0.135. The molecule has 2 atom stereocenters. The minimum absolute atomic E-state index is 0.405. The smallest absolute Gasteiger partial charge is 0.223 e. The number of aromatic nitrogens is 1. The number of amides is 1. The van der Waals surface area contributed by atoms with Gasteiger partial charge in [-0.1, -0.05) is 13.3 Å². The van der Waals surface area contributed by atoms with Crippen molar-refractivity contribution in [3.05, 3.63) is 24.0 Å². The Morgan fingerprint density at radius 1 is 1.37 bits per heavy atom. The second-order valence-corrected chi connectivity index (χ2v) is 6.10. The third kappa shape index (κ3) is 2.43. The van der Waals surface area contributed by atoms with E-state index in [9.17, 15) is 4.79 Å². The van der Waals surface area contributed by atoms with Crippen LogP contribution in [0.1, 0.15) is 63.4 Å². The van der Waals surface area contributed by atoms with Gasteiger partial charge in [-0.15, -0.1) is 0 Å². The van der Waals surface area contributed by atoms with Gasteiger partial charge in [0.25, 0.3) is 0 Å². The molecule has 0 radical (unpaired) electrons. The van der Waals surface area contributed by atoms with Crippen LogP contribution in [0.3, 0.4) is 0 Å². The summed E-state index contributed by atoms with van der Waals surface area (Å²) in [6, 6.07) is 3.20. The second-order valence-electron chi connectivity index (χ2n) is 6.10. The van der Waals surface area contributed by atoms with E-state index in [-0.39, 0.29) is 0 Å². The molecule has 2 aliphatic rings. The van der Waals surface area contributed by atoms with Crippen molar-refractivity contribution >= 4 is 5.91 Å². The molecule has 1 N–H and O–H groups in total. The predicted molar refractivity (Wildman–Crippen MR) is 75.9 cm³/mol. The number of carbonyl (C=O) groups is 1. The summed E-state index contributed by atoms with van der Waals surface area (Å²) in [6.45, 7) is 2.15. The van der Waals surface area contributed by atoms with Crippen LogP contribution in [-0.4, -0.2) is 27.9 Å². The summed E-state index contributed by atoms with van der Waals surface area (Å²) in [4.78, 5) is 17.7. The summed E-state index contributed by atoms with van der Waals surface area (Å²) in [5, 5.41) is 0. The zero-order valence-corrected chi connectivity index (χ0v) is 11.8. The third-order valence-electron chi connectivity index (χ3n) is 4.86. The molecule has 0 aliphatic carbocycles. The maximum absolute atomic E-state index is 12.3. The highest BCUT2D eigenvalue weighted by Crippen LogP contribution is 2.43. The molecular formula is C16H24N2O. The topological polar surface area (TPSA) is 36.1 Å². The van der Waals surface area contributed by atoms with E-state index in [2.05, 4.69) is 29.1 Å². The predicted octanol–water partition coefficient (Wildman–Crippen LogP) is 3.44. The van der Waals surface area contributed by atoms with Gasteiger partial charge in [0.2, 0.25) is 5.91 Å². The molecule has 3 nitrogen and oxygen atoms in total. The van der Waals surface area contributed by atoms with Crippen molar-refractivity contribution in [1.82, 2.24) is 9.88 Å². The van der Waals surface area contributed by atoms with Crippen LogP contribution >= 0.6 is 0 Å². The molecule has 2 unspecified atom stereocenters. The van der Waals surface area contributed by atoms with Crippen molar-refractivity contribution in [3.63, 3.8) is 0 Å². The van der Waals surface area contributed by atoms with Gasteiger partial charge < -0.3 is 9.88 Å². The molecule has 3 rings (SSSR count). The quantitative estimate of drug-likeness (QED) is 0.884. The van der Waals surface area contributed by atoms with Gasteiger partial charge >= 0.3 is 0 Å². The molecule has 2 fully saturated rings.